The van der Waals surface area contributed by atoms with Crippen molar-refractivity contribution >= 4 is 34.0 Å². The Kier molecular flexibility index (Phi) is 5.79. The number of nitrogens with one attached hydrogen (secondary N) is 1. The molecule has 1 N–H and O–H groups in total. The van der Waals surface area contributed by atoms with Crippen LogP contribution < -0.4 is 15.0 Å². The average Bonchev–Trinajstić information content (AvgIpc) is 3.26. The highest BCUT2D eigenvalue weighted by molar-refractivity contribution is 7.15. The summed E-state index contributed by atoms with van der Waals surface area (Å²) in [6.07, 6.45) is 0.160. The molecule has 0 bridgehead atoms. The molecule has 1 aromatic carbocycles. The predicted octanol–water partition coefficient (Wildman–Crippen LogP) is 2.07. The predicted molar refractivity (Wildman–Crippen MR) is 97.3 cm³/mol. The zero-order valence-corrected chi connectivity index (χ0v) is 15.4. The van der Waals surface area contributed by atoms with Crippen LogP contribution in [0.4, 0.5) is 10.8 Å². The molecule has 0 spiro atoms. The minimum atomic E-state index is -0.437. The van der Waals surface area contributed by atoms with E-state index in [1.165, 1.54) is 11.3 Å². The second kappa shape index (κ2) is 8.24. The summed E-state index contributed by atoms with van der Waals surface area (Å²) in [5.74, 6) is -0.0950. The number of nitrogens with zero attached hydrogens (tertiary/aromatic N) is 3. The quantitative estimate of drug-likeness (QED) is 0.795. The Hall–Kier alpha value is -2.52. The zero-order chi connectivity index (χ0) is 18.5. The molecule has 2 heterocycles. The summed E-state index contributed by atoms with van der Waals surface area (Å²) in [6.45, 7) is 3.18. The number of amides is 2. The molecule has 0 unspecified atom stereocenters. The number of carbonyl (C=O) groups excluding carboxylic acids is 2. The van der Waals surface area contributed by atoms with Crippen LogP contribution in [0.25, 0.3) is 0 Å². The van der Waals surface area contributed by atoms with Crippen molar-refractivity contribution in [2.45, 2.75) is 20.0 Å². The molecule has 2 amide bonds. The lowest BCUT2D eigenvalue weighted by molar-refractivity contribution is -0.122. The third kappa shape index (κ3) is 4.17. The molecule has 0 saturated carbocycles. The van der Waals surface area contributed by atoms with Crippen LogP contribution >= 0.6 is 11.3 Å². The summed E-state index contributed by atoms with van der Waals surface area (Å²) in [5.41, 5.74) is 0.722. The number of hydrogen-bond acceptors (Lipinski definition) is 7. The van der Waals surface area contributed by atoms with E-state index in [-0.39, 0.29) is 18.2 Å². The van der Waals surface area contributed by atoms with E-state index >= 15 is 0 Å². The highest BCUT2D eigenvalue weighted by atomic mass is 32.1. The molecule has 2 aromatic rings. The van der Waals surface area contributed by atoms with E-state index in [2.05, 4.69) is 15.5 Å². The Morgan fingerprint density at radius 2 is 2.27 bits per heavy atom. The summed E-state index contributed by atoms with van der Waals surface area (Å²) in [5, 5.41) is 11.8. The fourth-order valence-corrected chi connectivity index (χ4v) is 3.35. The Bertz CT molecular complexity index is 795. The molecule has 8 nitrogen and oxygen atoms in total. The van der Waals surface area contributed by atoms with Gasteiger partial charge in [0.05, 0.1) is 13.0 Å². The van der Waals surface area contributed by atoms with Crippen molar-refractivity contribution in [1.29, 1.82) is 0 Å². The number of anilines is 2. The Morgan fingerprint density at radius 3 is 3.04 bits per heavy atom. The maximum atomic E-state index is 12.5. The van der Waals surface area contributed by atoms with Crippen LogP contribution in [0.3, 0.4) is 0 Å². The van der Waals surface area contributed by atoms with Gasteiger partial charge in [-0.25, -0.2) is 0 Å². The number of hydrogen-bond donors (Lipinski definition) is 1. The topological polar surface area (TPSA) is 93.7 Å². The van der Waals surface area contributed by atoms with Crippen molar-refractivity contribution in [2.24, 2.45) is 5.92 Å². The molecule has 1 saturated heterocycles. The first-order chi connectivity index (χ1) is 12.6. The van der Waals surface area contributed by atoms with Crippen LogP contribution in [0.1, 0.15) is 18.4 Å². The van der Waals surface area contributed by atoms with Crippen molar-refractivity contribution in [3.05, 3.63) is 29.3 Å². The first kappa shape index (κ1) is 18.3. The molecule has 26 heavy (non-hydrogen) atoms. The van der Waals surface area contributed by atoms with Gasteiger partial charge in [-0.3, -0.25) is 9.59 Å². The molecule has 138 valence electrons. The Balaban J connectivity index is 1.62. The minimum Gasteiger partial charge on any atom is -0.497 e. The van der Waals surface area contributed by atoms with E-state index in [4.69, 9.17) is 9.47 Å². The standard InChI is InChI=1S/C17H20N4O4S/c1-3-25-10-14-19-20-17(26-14)18-16(23)11-7-15(22)21(9-11)12-5-4-6-13(8-12)24-2/h4-6,8,11H,3,7,9-10H2,1-2H3,(H,18,20,23)/t11-/m1/s1. The number of ether oxygens (including phenoxy) is 2. The fourth-order valence-electron chi connectivity index (χ4n) is 2.67. The zero-order valence-electron chi connectivity index (χ0n) is 14.6. The van der Waals surface area contributed by atoms with Crippen LogP contribution in [-0.2, 0) is 20.9 Å². The van der Waals surface area contributed by atoms with Gasteiger partial charge in [-0.05, 0) is 19.1 Å². The summed E-state index contributed by atoms with van der Waals surface area (Å²) >= 11 is 1.27. The van der Waals surface area contributed by atoms with Crippen molar-refractivity contribution in [3.63, 3.8) is 0 Å². The molecular weight excluding hydrogens is 356 g/mol. The van der Waals surface area contributed by atoms with Crippen LogP contribution in [0.2, 0.25) is 0 Å². The fraction of sp³-hybridized carbons (Fsp3) is 0.412. The smallest absolute Gasteiger partial charge is 0.231 e. The van der Waals surface area contributed by atoms with E-state index in [9.17, 15) is 9.59 Å². The van der Waals surface area contributed by atoms with Gasteiger partial charge in [-0.2, -0.15) is 0 Å². The van der Waals surface area contributed by atoms with E-state index in [1.54, 1.807) is 18.1 Å². The van der Waals surface area contributed by atoms with Crippen molar-refractivity contribution in [2.75, 3.05) is 30.5 Å². The minimum absolute atomic E-state index is 0.0901. The summed E-state index contributed by atoms with van der Waals surface area (Å²) < 4.78 is 10.5. The second-order valence-electron chi connectivity index (χ2n) is 5.73. The maximum absolute atomic E-state index is 12.5. The number of rotatable bonds is 7. The first-order valence-electron chi connectivity index (χ1n) is 8.26. The van der Waals surface area contributed by atoms with Crippen molar-refractivity contribution in [1.82, 2.24) is 10.2 Å². The van der Waals surface area contributed by atoms with Gasteiger partial charge >= 0.3 is 0 Å². The van der Waals surface area contributed by atoms with E-state index in [0.717, 1.165) is 5.69 Å². The summed E-state index contributed by atoms with van der Waals surface area (Å²) in [4.78, 5) is 26.4. The lowest BCUT2D eigenvalue weighted by Gasteiger charge is -2.17. The van der Waals surface area contributed by atoms with Crippen LogP contribution in [0.5, 0.6) is 5.75 Å². The summed E-state index contributed by atoms with van der Waals surface area (Å²) in [6, 6.07) is 7.23. The van der Waals surface area contributed by atoms with Crippen LogP contribution in [-0.4, -0.2) is 42.3 Å². The SMILES string of the molecule is CCOCc1nnc(NC(=O)[C@@H]2CC(=O)N(c3cccc(OC)c3)C2)s1. The maximum Gasteiger partial charge on any atom is 0.231 e. The number of methoxy groups -OCH3 is 1. The van der Waals surface area contributed by atoms with Crippen LogP contribution in [0, 0.1) is 5.92 Å². The highest BCUT2D eigenvalue weighted by Gasteiger charge is 2.35. The van der Waals surface area contributed by atoms with Gasteiger partial charge in [0.15, 0.2) is 0 Å². The third-order valence-corrected chi connectivity index (χ3v) is 4.80. The molecule has 1 fully saturated rings. The Morgan fingerprint density at radius 1 is 1.42 bits per heavy atom. The van der Waals surface area contributed by atoms with Gasteiger partial charge < -0.3 is 19.7 Å². The van der Waals surface area contributed by atoms with Crippen LogP contribution in [0.15, 0.2) is 24.3 Å². The Labute approximate surface area is 155 Å². The molecular formula is C17H20N4O4S. The number of carbonyl (C=O) groups is 2. The normalized spacial score (nSPS) is 16.8. The molecule has 3 rings (SSSR count). The third-order valence-electron chi connectivity index (χ3n) is 3.99. The first-order valence-corrected chi connectivity index (χ1v) is 9.07. The number of benzene rings is 1. The molecule has 0 aliphatic carbocycles. The van der Waals surface area contributed by atoms with Gasteiger partial charge in [0.2, 0.25) is 16.9 Å². The molecule has 1 aromatic heterocycles. The molecule has 1 aliphatic rings. The molecule has 0 radical (unpaired) electrons. The monoisotopic (exact) mass is 376 g/mol. The van der Waals surface area contributed by atoms with Gasteiger partial charge in [0.25, 0.3) is 0 Å². The van der Waals surface area contributed by atoms with E-state index < -0.39 is 5.92 Å². The highest BCUT2D eigenvalue weighted by Crippen LogP contribution is 2.28. The van der Waals surface area contributed by atoms with Gasteiger partial charge in [0.1, 0.15) is 17.4 Å². The van der Waals surface area contributed by atoms with E-state index in [1.807, 2.05) is 25.1 Å². The lowest BCUT2D eigenvalue weighted by atomic mass is 10.1. The second-order valence-corrected chi connectivity index (χ2v) is 6.80. The molecule has 1 atom stereocenters. The van der Waals surface area contributed by atoms with Gasteiger partial charge in [-0.15, -0.1) is 10.2 Å². The molecule has 1 aliphatic heterocycles. The summed E-state index contributed by atoms with van der Waals surface area (Å²) in [7, 11) is 1.57. The van der Waals surface area contributed by atoms with Gasteiger partial charge in [-0.1, -0.05) is 17.4 Å². The largest absolute Gasteiger partial charge is 0.497 e. The van der Waals surface area contributed by atoms with E-state index in [0.29, 0.717) is 35.6 Å². The van der Waals surface area contributed by atoms with Gasteiger partial charge in [0, 0.05) is 31.3 Å². The van der Waals surface area contributed by atoms with Crippen molar-refractivity contribution in [3.8, 4) is 5.75 Å². The lowest BCUT2D eigenvalue weighted by Crippen LogP contribution is -2.28. The average molecular weight is 376 g/mol. The van der Waals surface area contributed by atoms with Crippen molar-refractivity contribution < 1.29 is 19.1 Å². The molecule has 9 heteroatoms. The number of aromatic nitrogens is 2.